The van der Waals surface area contributed by atoms with Gasteiger partial charge in [-0.05, 0) is 29.1 Å². The summed E-state index contributed by atoms with van der Waals surface area (Å²) in [4.78, 5) is 0. The quantitative estimate of drug-likeness (QED) is 0.892. The molecule has 0 radical (unpaired) electrons. The lowest BCUT2D eigenvalue weighted by molar-refractivity contribution is 0.282. The minimum Gasteiger partial charge on any atom is -0.392 e. The van der Waals surface area contributed by atoms with Crippen molar-refractivity contribution in [3.05, 3.63) is 47.3 Å². The van der Waals surface area contributed by atoms with Gasteiger partial charge in [-0.3, -0.25) is 4.72 Å². The molecule has 1 aromatic heterocycles. The first-order chi connectivity index (χ1) is 8.12. The van der Waals surface area contributed by atoms with Crippen LogP contribution in [0.15, 0.2) is 46.0 Å². The Bertz CT molecular complexity index is 590. The van der Waals surface area contributed by atoms with E-state index in [4.69, 9.17) is 5.11 Å². The molecule has 0 saturated carbocycles. The molecule has 0 spiro atoms. The second kappa shape index (κ2) is 4.87. The average molecular weight is 269 g/mol. The van der Waals surface area contributed by atoms with Gasteiger partial charge in [-0.25, -0.2) is 8.42 Å². The van der Waals surface area contributed by atoms with Gasteiger partial charge in [0.2, 0.25) is 0 Å². The molecule has 0 aliphatic heterocycles. The van der Waals surface area contributed by atoms with Gasteiger partial charge < -0.3 is 5.11 Å². The Morgan fingerprint density at radius 3 is 2.53 bits per heavy atom. The molecule has 0 bridgehead atoms. The van der Waals surface area contributed by atoms with Crippen molar-refractivity contribution in [1.29, 1.82) is 0 Å². The lowest BCUT2D eigenvalue weighted by Crippen LogP contribution is -2.11. The highest BCUT2D eigenvalue weighted by atomic mass is 32.2. The zero-order valence-electron chi connectivity index (χ0n) is 8.83. The molecule has 1 aromatic carbocycles. The Morgan fingerprint density at radius 1 is 1.24 bits per heavy atom. The molecule has 17 heavy (non-hydrogen) atoms. The summed E-state index contributed by atoms with van der Waals surface area (Å²) in [5, 5.41) is 10.5. The molecule has 0 aliphatic carbocycles. The van der Waals surface area contributed by atoms with Gasteiger partial charge in [0.25, 0.3) is 10.0 Å². The first-order valence-electron chi connectivity index (χ1n) is 4.88. The van der Waals surface area contributed by atoms with Crippen molar-refractivity contribution in [1.82, 2.24) is 0 Å². The van der Waals surface area contributed by atoms with Crippen molar-refractivity contribution in [3.63, 3.8) is 0 Å². The topological polar surface area (TPSA) is 66.4 Å². The molecule has 0 fully saturated rings. The summed E-state index contributed by atoms with van der Waals surface area (Å²) in [5.41, 5.74) is 1.12. The molecule has 0 aliphatic rings. The van der Waals surface area contributed by atoms with E-state index in [1.807, 2.05) is 6.07 Å². The predicted molar refractivity (Wildman–Crippen MR) is 67.5 cm³/mol. The van der Waals surface area contributed by atoms with Crippen molar-refractivity contribution in [2.45, 2.75) is 10.8 Å². The van der Waals surface area contributed by atoms with E-state index >= 15 is 0 Å². The van der Waals surface area contributed by atoms with Crippen molar-refractivity contribution in [2.24, 2.45) is 0 Å². The maximum absolute atomic E-state index is 11.9. The van der Waals surface area contributed by atoms with Crippen molar-refractivity contribution >= 4 is 27.0 Å². The number of para-hydroxylation sites is 1. The van der Waals surface area contributed by atoms with Gasteiger partial charge in [0.15, 0.2) is 0 Å². The third kappa shape index (κ3) is 2.85. The molecule has 2 aromatic rings. The molecule has 1 heterocycles. The Balaban J connectivity index is 2.25. The van der Waals surface area contributed by atoms with Gasteiger partial charge in [-0.15, -0.1) is 11.3 Å². The van der Waals surface area contributed by atoms with Crippen LogP contribution in [-0.4, -0.2) is 13.5 Å². The standard InChI is InChI=1S/C11H11NO3S2/c13-7-9-6-11(16-8-9)17(14,15)12-10-4-2-1-3-5-10/h1-6,8,12-13H,7H2. The third-order valence-corrected chi connectivity index (χ3v) is 4.97. The van der Waals surface area contributed by atoms with Crippen LogP contribution >= 0.6 is 11.3 Å². The normalized spacial score (nSPS) is 11.4. The molecular formula is C11H11NO3S2. The van der Waals surface area contributed by atoms with Crippen LogP contribution < -0.4 is 4.72 Å². The zero-order valence-corrected chi connectivity index (χ0v) is 10.5. The van der Waals surface area contributed by atoms with Gasteiger partial charge in [0.1, 0.15) is 4.21 Å². The smallest absolute Gasteiger partial charge is 0.271 e. The van der Waals surface area contributed by atoms with Crippen LogP contribution in [0.2, 0.25) is 0 Å². The number of hydrogen-bond donors (Lipinski definition) is 2. The molecule has 0 saturated heterocycles. The van der Waals surface area contributed by atoms with Crippen LogP contribution in [0.1, 0.15) is 5.56 Å². The minimum absolute atomic E-state index is 0.155. The van der Waals surface area contributed by atoms with Gasteiger partial charge in [0, 0.05) is 5.69 Å². The van der Waals surface area contributed by atoms with E-state index in [0.717, 1.165) is 11.3 Å². The van der Waals surface area contributed by atoms with Gasteiger partial charge in [-0.2, -0.15) is 0 Å². The lowest BCUT2D eigenvalue weighted by Gasteiger charge is -2.05. The number of benzene rings is 1. The second-order valence-electron chi connectivity index (χ2n) is 3.40. The van der Waals surface area contributed by atoms with Gasteiger partial charge in [0.05, 0.1) is 6.61 Å². The molecule has 6 heteroatoms. The fourth-order valence-corrected chi connectivity index (χ4v) is 3.55. The molecule has 2 N–H and O–H groups in total. The van der Waals surface area contributed by atoms with E-state index in [9.17, 15) is 8.42 Å². The summed E-state index contributed by atoms with van der Waals surface area (Å²) in [6, 6.07) is 10.1. The first-order valence-corrected chi connectivity index (χ1v) is 7.24. The maximum atomic E-state index is 11.9. The fourth-order valence-electron chi connectivity index (χ4n) is 1.29. The van der Waals surface area contributed by atoms with Crippen LogP contribution in [0.4, 0.5) is 5.69 Å². The molecular weight excluding hydrogens is 258 g/mol. The number of thiophene rings is 1. The van der Waals surface area contributed by atoms with Crippen LogP contribution in [0.25, 0.3) is 0 Å². The predicted octanol–water partition coefficient (Wildman–Crippen LogP) is 2.04. The van der Waals surface area contributed by atoms with Crippen molar-refractivity contribution < 1.29 is 13.5 Å². The third-order valence-electron chi connectivity index (χ3n) is 2.10. The van der Waals surface area contributed by atoms with Gasteiger partial charge >= 0.3 is 0 Å². The number of nitrogens with one attached hydrogen (secondary N) is 1. The lowest BCUT2D eigenvalue weighted by atomic mass is 10.3. The summed E-state index contributed by atoms with van der Waals surface area (Å²) >= 11 is 1.09. The summed E-state index contributed by atoms with van der Waals surface area (Å²) in [6.45, 7) is -0.155. The number of anilines is 1. The minimum atomic E-state index is -3.55. The molecule has 0 unspecified atom stereocenters. The largest absolute Gasteiger partial charge is 0.392 e. The van der Waals surface area contributed by atoms with Crippen LogP contribution in [0.3, 0.4) is 0 Å². The molecule has 90 valence electrons. The Hall–Kier alpha value is -1.37. The van der Waals surface area contributed by atoms with E-state index in [2.05, 4.69) is 4.72 Å². The molecule has 0 atom stereocenters. The summed E-state index contributed by atoms with van der Waals surface area (Å²) < 4.78 is 26.6. The Labute approximate surface area is 104 Å². The summed E-state index contributed by atoms with van der Waals surface area (Å²) in [5.74, 6) is 0. The van der Waals surface area contributed by atoms with Crippen molar-refractivity contribution in [2.75, 3.05) is 4.72 Å². The number of sulfonamides is 1. The van der Waals surface area contributed by atoms with E-state index < -0.39 is 10.0 Å². The average Bonchev–Trinajstić information content (AvgIpc) is 2.79. The highest BCUT2D eigenvalue weighted by molar-refractivity contribution is 7.94. The van der Waals surface area contributed by atoms with Crippen LogP contribution in [-0.2, 0) is 16.6 Å². The SMILES string of the molecule is O=S(=O)(Nc1ccccc1)c1cc(CO)cs1. The molecule has 4 nitrogen and oxygen atoms in total. The number of rotatable bonds is 4. The highest BCUT2D eigenvalue weighted by Gasteiger charge is 2.16. The van der Waals surface area contributed by atoms with E-state index in [1.165, 1.54) is 6.07 Å². The van der Waals surface area contributed by atoms with Gasteiger partial charge in [-0.1, -0.05) is 18.2 Å². The van der Waals surface area contributed by atoms with Crippen LogP contribution in [0, 0.1) is 0 Å². The fraction of sp³-hybridized carbons (Fsp3) is 0.0909. The Kier molecular flexibility index (Phi) is 3.46. The highest BCUT2D eigenvalue weighted by Crippen LogP contribution is 2.22. The monoisotopic (exact) mass is 269 g/mol. The number of aliphatic hydroxyl groups is 1. The summed E-state index contributed by atoms with van der Waals surface area (Å²) in [7, 11) is -3.55. The van der Waals surface area contributed by atoms with E-state index in [0.29, 0.717) is 11.3 Å². The second-order valence-corrected chi connectivity index (χ2v) is 6.22. The van der Waals surface area contributed by atoms with E-state index in [-0.39, 0.29) is 10.8 Å². The first kappa shape index (κ1) is 12.1. The van der Waals surface area contributed by atoms with E-state index in [1.54, 1.807) is 29.6 Å². The van der Waals surface area contributed by atoms with Crippen LogP contribution in [0.5, 0.6) is 0 Å². The molecule has 2 rings (SSSR count). The number of aliphatic hydroxyl groups excluding tert-OH is 1. The van der Waals surface area contributed by atoms with Crippen molar-refractivity contribution in [3.8, 4) is 0 Å². The maximum Gasteiger partial charge on any atom is 0.271 e. The zero-order chi connectivity index (χ0) is 12.3. The molecule has 0 amide bonds. The number of hydrogen-bond acceptors (Lipinski definition) is 4. The Morgan fingerprint density at radius 2 is 1.94 bits per heavy atom. The summed E-state index contributed by atoms with van der Waals surface area (Å²) in [6.07, 6.45) is 0.